The summed E-state index contributed by atoms with van der Waals surface area (Å²) in [6.45, 7) is 8.76. The Morgan fingerprint density at radius 2 is 2.12 bits per heavy atom. The van der Waals surface area contributed by atoms with E-state index in [0.717, 1.165) is 19.0 Å². The molecular formula is C12H22IN3. The minimum Gasteiger partial charge on any atom is -0.312 e. The molecule has 0 aliphatic carbocycles. The van der Waals surface area contributed by atoms with Crippen LogP contribution in [0.2, 0.25) is 0 Å². The number of nitrogens with zero attached hydrogens (tertiary/aromatic N) is 2. The first-order valence-corrected chi connectivity index (χ1v) is 7.07. The van der Waals surface area contributed by atoms with E-state index in [9.17, 15) is 0 Å². The monoisotopic (exact) mass is 335 g/mol. The van der Waals surface area contributed by atoms with Gasteiger partial charge in [-0.1, -0.05) is 13.8 Å². The molecule has 0 spiro atoms. The van der Waals surface area contributed by atoms with Crippen LogP contribution in [-0.4, -0.2) is 22.4 Å². The molecule has 0 amide bonds. The first-order valence-electron chi connectivity index (χ1n) is 5.99. The summed E-state index contributed by atoms with van der Waals surface area (Å²) >= 11 is 2.28. The highest BCUT2D eigenvalue weighted by molar-refractivity contribution is 14.1. The van der Waals surface area contributed by atoms with Gasteiger partial charge in [0, 0.05) is 18.8 Å². The summed E-state index contributed by atoms with van der Waals surface area (Å²) in [6, 6.07) is 0.608. The fourth-order valence-electron chi connectivity index (χ4n) is 1.57. The normalized spacial score (nSPS) is 13.3. The van der Waals surface area contributed by atoms with Crippen molar-refractivity contribution < 1.29 is 0 Å². The van der Waals surface area contributed by atoms with Gasteiger partial charge in [-0.15, -0.1) is 0 Å². The van der Waals surface area contributed by atoms with Crippen molar-refractivity contribution in [1.82, 2.24) is 15.1 Å². The van der Waals surface area contributed by atoms with Crippen LogP contribution in [0.15, 0.2) is 12.4 Å². The van der Waals surface area contributed by atoms with Crippen LogP contribution in [0.3, 0.4) is 0 Å². The molecule has 0 saturated heterocycles. The Labute approximate surface area is 112 Å². The lowest BCUT2D eigenvalue weighted by Crippen LogP contribution is -2.29. The van der Waals surface area contributed by atoms with E-state index in [4.69, 9.17) is 0 Å². The lowest BCUT2D eigenvalue weighted by Gasteiger charge is -2.14. The van der Waals surface area contributed by atoms with Gasteiger partial charge in [-0.25, -0.2) is 0 Å². The van der Waals surface area contributed by atoms with Crippen molar-refractivity contribution in [3.63, 3.8) is 0 Å². The maximum atomic E-state index is 4.26. The molecule has 1 heterocycles. The molecule has 0 radical (unpaired) electrons. The number of aromatic nitrogens is 2. The Morgan fingerprint density at radius 1 is 1.38 bits per heavy atom. The first kappa shape index (κ1) is 14.0. The molecule has 1 atom stereocenters. The van der Waals surface area contributed by atoms with Crippen LogP contribution in [0, 0.1) is 9.49 Å². The molecule has 4 heteroatoms. The van der Waals surface area contributed by atoms with Crippen molar-refractivity contribution in [2.24, 2.45) is 5.92 Å². The largest absolute Gasteiger partial charge is 0.312 e. The van der Waals surface area contributed by atoms with Gasteiger partial charge in [-0.3, -0.25) is 4.68 Å². The summed E-state index contributed by atoms with van der Waals surface area (Å²) < 4.78 is 3.19. The van der Waals surface area contributed by atoms with Gasteiger partial charge in [0.1, 0.15) is 0 Å². The zero-order chi connectivity index (χ0) is 12.0. The standard InChI is InChI=1S/C12H22IN3/c1-10(2)4-5-11(3)14-6-7-16-9-12(13)8-15-16/h8-11,14H,4-7H2,1-3H3. The first-order chi connectivity index (χ1) is 7.58. The predicted octanol–water partition coefficient (Wildman–Crippen LogP) is 2.90. The highest BCUT2D eigenvalue weighted by Gasteiger charge is 2.03. The van der Waals surface area contributed by atoms with Crippen LogP contribution >= 0.6 is 22.6 Å². The second kappa shape index (κ2) is 7.27. The SMILES string of the molecule is CC(C)CCC(C)NCCn1cc(I)cn1. The van der Waals surface area contributed by atoms with Crippen LogP contribution in [-0.2, 0) is 6.54 Å². The Bertz CT molecular complexity index is 296. The van der Waals surface area contributed by atoms with Gasteiger partial charge in [0.15, 0.2) is 0 Å². The van der Waals surface area contributed by atoms with Crippen LogP contribution < -0.4 is 5.32 Å². The highest BCUT2D eigenvalue weighted by atomic mass is 127. The number of nitrogens with one attached hydrogen (secondary N) is 1. The molecule has 0 aliphatic rings. The average Bonchev–Trinajstić information content (AvgIpc) is 2.61. The van der Waals surface area contributed by atoms with Crippen LogP contribution in [0.25, 0.3) is 0 Å². The fourth-order valence-corrected chi connectivity index (χ4v) is 2.02. The maximum absolute atomic E-state index is 4.26. The van der Waals surface area contributed by atoms with Crippen molar-refractivity contribution in [2.75, 3.05) is 6.54 Å². The predicted molar refractivity (Wildman–Crippen MR) is 76.5 cm³/mol. The van der Waals surface area contributed by atoms with Crippen molar-refractivity contribution in [3.8, 4) is 0 Å². The van der Waals surface area contributed by atoms with Crippen molar-refractivity contribution in [2.45, 2.75) is 46.2 Å². The summed E-state index contributed by atoms with van der Waals surface area (Å²) in [5.41, 5.74) is 0. The van der Waals surface area contributed by atoms with E-state index in [1.807, 2.05) is 10.9 Å². The van der Waals surface area contributed by atoms with Crippen molar-refractivity contribution in [3.05, 3.63) is 16.0 Å². The molecule has 0 aliphatic heterocycles. The topological polar surface area (TPSA) is 29.9 Å². The second-order valence-electron chi connectivity index (χ2n) is 4.75. The van der Waals surface area contributed by atoms with E-state index in [1.54, 1.807) is 0 Å². The van der Waals surface area contributed by atoms with Crippen LogP contribution in [0.1, 0.15) is 33.6 Å². The third kappa shape index (κ3) is 5.84. The van der Waals surface area contributed by atoms with E-state index in [2.05, 4.69) is 60.0 Å². The van der Waals surface area contributed by atoms with Gasteiger partial charge in [-0.2, -0.15) is 5.10 Å². The molecule has 0 bridgehead atoms. The molecule has 1 N–H and O–H groups in total. The van der Waals surface area contributed by atoms with Gasteiger partial charge < -0.3 is 5.32 Å². The molecule has 3 nitrogen and oxygen atoms in total. The van der Waals surface area contributed by atoms with Crippen LogP contribution in [0.4, 0.5) is 0 Å². The van der Waals surface area contributed by atoms with E-state index in [1.165, 1.54) is 16.4 Å². The maximum Gasteiger partial charge on any atom is 0.0623 e. The van der Waals surface area contributed by atoms with Crippen molar-refractivity contribution >= 4 is 22.6 Å². The molecule has 1 rings (SSSR count). The molecule has 1 aromatic rings. The zero-order valence-electron chi connectivity index (χ0n) is 10.4. The Kier molecular flexibility index (Phi) is 6.34. The lowest BCUT2D eigenvalue weighted by molar-refractivity contribution is 0.435. The summed E-state index contributed by atoms with van der Waals surface area (Å²) in [4.78, 5) is 0. The molecule has 16 heavy (non-hydrogen) atoms. The van der Waals surface area contributed by atoms with E-state index in [-0.39, 0.29) is 0 Å². The smallest absolute Gasteiger partial charge is 0.0623 e. The van der Waals surface area contributed by atoms with Gasteiger partial charge in [0.2, 0.25) is 0 Å². The summed E-state index contributed by atoms with van der Waals surface area (Å²) in [5.74, 6) is 0.803. The molecule has 0 aromatic carbocycles. The minimum absolute atomic E-state index is 0.608. The zero-order valence-corrected chi connectivity index (χ0v) is 12.6. The Morgan fingerprint density at radius 3 is 2.69 bits per heavy atom. The summed E-state index contributed by atoms with van der Waals surface area (Å²) in [6.07, 6.45) is 6.52. The van der Waals surface area contributed by atoms with E-state index >= 15 is 0 Å². The lowest BCUT2D eigenvalue weighted by atomic mass is 10.0. The third-order valence-electron chi connectivity index (χ3n) is 2.61. The number of hydrogen-bond donors (Lipinski definition) is 1. The molecule has 1 aromatic heterocycles. The molecule has 92 valence electrons. The van der Waals surface area contributed by atoms with Gasteiger partial charge in [0.05, 0.1) is 16.3 Å². The molecule has 0 saturated carbocycles. The molecule has 0 fully saturated rings. The minimum atomic E-state index is 0.608. The number of rotatable bonds is 7. The number of halogens is 1. The van der Waals surface area contributed by atoms with Gasteiger partial charge >= 0.3 is 0 Å². The summed E-state index contributed by atoms with van der Waals surface area (Å²) in [5, 5.41) is 7.79. The van der Waals surface area contributed by atoms with E-state index in [0.29, 0.717) is 6.04 Å². The number of hydrogen-bond acceptors (Lipinski definition) is 2. The van der Waals surface area contributed by atoms with Gasteiger partial charge in [-0.05, 0) is 48.3 Å². The van der Waals surface area contributed by atoms with Gasteiger partial charge in [0.25, 0.3) is 0 Å². The highest BCUT2D eigenvalue weighted by Crippen LogP contribution is 2.06. The van der Waals surface area contributed by atoms with E-state index < -0.39 is 0 Å². The Balaban J connectivity index is 2.10. The second-order valence-corrected chi connectivity index (χ2v) is 5.99. The van der Waals surface area contributed by atoms with Crippen molar-refractivity contribution in [1.29, 1.82) is 0 Å². The van der Waals surface area contributed by atoms with Crippen LogP contribution in [0.5, 0.6) is 0 Å². The summed E-state index contributed by atoms with van der Waals surface area (Å²) in [7, 11) is 0. The molecular weight excluding hydrogens is 313 g/mol. The quantitative estimate of drug-likeness (QED) is 0.777. The third-order valence-corrected chi connectivity index (χ3v) is 3.17. The molecule has 1 unspecified atom stereocenters. The average molecular weight is 335 g/mol. The fraction of sp³-hybridized carbons (Fsp3) is 0.750. The Hall–Kier alpha value is -0.100.